The van der Waals surface area contributed by atoms with Gasteiger partial charge in [0.25, 0.3) is 0 Å². The largest absolute Gasteiger partial charge is 0.330 e. The number of hydrogen-bond acceptors (Lipinski definition) is 1. The van der Waals surface area contributed by atoms with Gasteiger partial charge in [0.05, 0.1) is 0 Å². The quantitative estimate of drug-likeness (QED) is 0.796. The molecule has 0 spiro atoms. The summed E-state index contributed by atoms with van der Waals surface area (Å²) in [4.78, 5) is 0. The monoisotopic (exact) mass is 209 g/mol. The normalized spacial score (nSPS) is 28.9. The third-order valence-corrected chi connectivity index (χ3v) is 3.89. The molecule has 2 N–H and O–H groups in total. The Morgan fingerprint density at radius 3 is 2.50 bits per heavy atom. The molecule has 1 aliphatic carbocycles. The van der Waals surface area contributed by atoms with Crippen LogP contribution in [0.3, 0.4) is 0 Å². The lowest BCUT2D eigenvalue weighted by molar-refractivity contribution is 0.558. The zero-order valence-corrected chi connectivity index (χ0v) is 9.38. The highest BCUT2D eigenvalue weighted by atomic mass is 35.5. The fourth-order valence-electron chi connectivity index (χ4n) is 2.53. The first-order valence-corrected chi connectivity index (χ1v) is 5.41. The van der Waals surface area contributed by atoms with Crippen LogP contribution in [0.5, 0.6) is 0 Å². The van der Waals surface area contributed by atoms with E-state index in [4.69, 9.17) is 17.3 Å². The highest BCUT2D eigenvalue weighted by Crippen LogP contribution is 2.64. The van der Waals surface area contributed by atoms with Crippen molar-refractivity contribution in [3.8, 4) is 0 Å². The number of benzene rings is 1. The number of halogens is 1. The van der Waals surface area contributed by atoms with E-state index in [9.17, 15) is 0 Å². The lowest BCUT2D eigenvalue weighted by Crippen LogP contribution is -2.05. The molecule has 0 saturated heterocycles. The maximum absolute atomic E-state index is 6.17. The first kappa shape index (κ1) is 10.0. The molecule has 0 unspecified atom stereocenters. The molecule has 1 aliphatic rings. The Hall–Kier alpha value is -0.530. The van der Waals surface area contributed by atoms with Gasteiger partial charge in [-0.1, -0.05) is 43.6 Å². The fourth-order valence-corrected chi connectivity index (χ4v) is 2.78. The van der Waals surface area contributed by atoms with Gasteiger partial charge in [-0.2, -0.15) is 0 Å². The van der Waals surface area contributed by atoms with Crippen molar-refractivity contribution >= 4 is 11.6 Å². The van der Waals surface area contributed by atoms with Crippen molar-refractivity contribution in [1.82, 2.24) is 0 Å². The van der Waals surface area contributed by atoms with Gasteiger partial charge in [-0.3, -0.25) is 0 Å². The van der Waals surface area contributed by atoms with Crippen LogP contribution in [0, 0.1) is 11.3 Å². The molecule has 76 valence electrons. The van der Waals surface area contributed by atoms with Crippen LogP contribution in [0.25, 0.3) is 0 Å². The zero-order chi connectivity index (χ0) is 10.3. The summed E-state index contributed by atoms with van der Waals surface area (Å²) in [6, 6.07) is 8.09. The maximum Gasteiger partial charge on any atom is 0.0441 e. The summed E-state index contributed by atoms with van der Waals surface area (Å²) in [5, 5.41) is 0.876. The molecule has 0 heterocycles. The van der Waals surface area contributed by atoms with Crippen LogP contribution in [0.1, 0.15) is 25.3 Å². The molecular formula is C12H16ClN. The van der Waals surface area contributed by atoms with Gasteiger partial charge in [-0.05, 0) is 35.4 Å². The number of hydrogen-bond donors (Lipinski definition) is 1. The van der Waals surface area contributed by atoms with E-state index in [2.05, 4.69) is 19.9 Å². The summed E-state index contributed by atoms with van der Waals surface area (Å²) in [7, 11) is 0. The van der Waals surface area contributed by atoms with Crippen LogP contribution in [-0.4, -0.2) is 6.54 Å². The third-order valence-electron chi connectivity index (χ3n) is 3.54. The van der Waals surface area contributed by atoms with Crippen molar-refractivity contribution in [3.05, 3.63) is 34.9 Å². The molecule has 0 bridgehead atoms. The Bertz CT molecular complexity index is 346. The minimum atomic E-state index is 0.319. The van der Waals surface area contributed by atoms with Crippen LogP contribution in [0.15, 0.2) is 24.3 Å². The van der Waals surface area contributed by atoms with Crippen molar-refractivity contribution < 1.29 is 0 Å². The van der Waals surface area contributed by atoms with Crippen molar-refractivity contribution in [3.63, 3.8) is 0 Å². The Kier molecular flexibility index (Phi) is 2.32. The highest BCUT2D eigenvalue weighted by molar-refractivity contribution is 6.31. The summed E-state index contributed by atoms with van der Waals surface area (Å²) in [5.74, 6) is 1.13. The predicted molar refractivity (Wildman–Crippen MR) is 60.5 cm³/mol. The standard InChI is InChI=1S/C12H16ClN/c1-12(2)9(7-14)11(12)8-5-3-4-6-10(8)13/h3-6,9,11H,7,14H2,1-2H3/t9-,11-/m0/s1. The van der Waals surface area contributed by atoms with Crippen LogP contribution in [-0.2, 0) is 0 Å². The van der Waals surface area contributed by atoms with E-state index < -0.39 is 0 Å². The SMILES string of the molecule is CC1(C)[C@@H](CN)[C@@H]1c1ccccc1Cl. The lowest BCUT2D eigenvalue weighted by Gasteiger charge is -2.04. The fraction of sp³-hybridized carbons (Fsp3) is 0.500. The molecule has 14 heavy (non-hydrogen) atoms. The van der Waals surface area contributed by atoms with Crippen molar-refractivity contribution in [2.24, 2.45) is 17.1 Å². The predicted octanol–water partition coefficient (Wildman–Crippen LogP) is 3.04. The van der Waals surface area contributed by atoms with Gasteiger partial charge in [-0.25, -0.2) is 0 Å². The summed E-state index contributed by atoms with van der Waals surface area (Å²) in [6.07, 6.45) is 0. The van der Waals surface area contributed by atoms with Gasteiger partial charge in [0.2, 0.25) is 0 Å². The van der Waals surface area contributed by atoms with Crippen LogP contribution < -0.4 is 5.73 Å². The minimum absolute atomic E-state index is 0.319. The van der Waals surface area contributed by atoms with Crippen LogP contribution >= 0.6 is 11.6 Å². The lowest BCUT2D eigenvalue weighted by atomic mass is 10.0. The molecule has 2 heteroatoms. The van der Waals surface area contributed by atoms with E-state index in [1.807, 2.05) is 18.2 Å². The van der Waals surface area contributed by atoms with Gasteiger partial charge in [0.1, 0.15) is 0 Å². The molecule has 2 atom stereocenters. The van der Waals surface area contributed by atoms with Crippen molar-refractivity contribution in [2.75, 3.05) is 6.54 Å². The second-order valence-corrected chi connectivity index (χ2v) is 5.07. The molecule has 1 aromatic carbocycles. The first-order chi connectivity index (χ1) is 6.59. The van der Waals surface area contributed by atoms with Gasteiger partial charge >= 0.3 is 0 Å². The Labute approximate surface area is 90.3 Å². The Balaban J connectivity index is 2.31. The van der Waals surface area contributed by atoms with E-state index >= 15 is 0 Å². The van der Waals surface area contributed by atoms with E-state index in [0.717, 1.165) is 11.6 Å². The van der Waals surface area contributed by atoms with Gasteiger partial charge in [0, 0.05) is 5.02 Å². The van der Waals surface area contributed by atoms with Crippen molar-refractivity contribution in [2.45, 2.75) is 19.8 Å². The summed E-state index contributed by atoms with van der Waals surface area (Å²) >= 11 is 6.17. The summed E-state index contributed by atoms with van der Waals surface area (Å²) < 4.78 is 0. The molecule has 1 aromatic rings. The number of rotatable bonds is 2. The van der Waals surface area contributed by atoms with Crippen LogP contribution in [0.4, 0.5) is 0 Å². The topological polar surface area (TPSA) is 26.0 Å². The molecule has 0 aromatic heterocycles. The highest BCUT2D eigenvalue weighted by Gasteiger charge is 2.57. The maximum atomic E-state index is 6.17. The van der Waals surface area contributed by atoms with Crippen molar-refractivity contribution in [1.29, 1.82) is 0 Å². The van der Waals surface area contributed by atoms with Crippen LogP contribution in [0.2, 0.25) is 5.02 Å². The second kappa shape index (κ2) is 3.25. The molecule has 1 saturated carbocycles. The molecule has 0 aliphatic heterocycles. The summed E-state index contributed by atoms with van der Waals surface area (Å²) in [6.45, 7) is 5.28. The molecule has 2 rings (SSSR count). The number of nitrogens with two attached hydrogens (primary N) is 1. The molecule has 0 radical (unpaired) electrons. The van der Waals surface area contributed by atoms with E-state index in [-0.39, 0.29) is 0 Å². The van der Waals surface area contributed by atoms with Gasteiger partial charge < -0.3 is 5.73 Å². The molecule has 1 fully saturated rings. The molecular weight excluding hydrogens is 194 g/mol. The van der Waals surface area contributed by atoms with Gasteiger partial charge in [0.15, 0.2) is 0 Å². The average Bonchev–Trinajstić information content (AvgIpc) is 2.69. The Morgan fingerprint density at radius 1 is 1.36 bits per heavy atom. The van der Waals surface area contributed by atoms with E-state index in [1.165, 1.54) is 5.56 Å². The molecule has 0 amide bonds. The van der Waals surface area contributed by atoms with Gasteiger partial charge in [-0.15, -0.1) is 0 Å². The smallest absolute Gasteiger partial charge is 0.0441 e. The first-order valence-electron chi connectivity index (χ1n) is 5.03. The Morgan fingerprint density at radius 2 is 2.00 bits per heavy atom. The minimum Gasteiger partial charge on any atom is -0.330 e. The van der Waals surface area contributed by atoms with E-state index in [0.29, 0.717) is 17.3 Å². The summed E-state index contributed by atoms with van der Waals surface area (Å²) in [5.41, 5.74) is 7.32. The second-order valence-electron chi connectivity index (χ2n) is 4.66. The van der Waals surface area contributed by atoms with E-state index in [1.54, 1.807) is 0 Å². The molecule has 1 nitrogen and oxygen atoms in total. The zero-order valence-electron chi connectivity index (χ0n) is 8.63. The third kappa shape index (κ3) is 1.35. The average molecular weight is 210 g/mol.